The first-order valence-corrected chi connectivity index (χ1v) is 12.5. The number of ether oxygens (including phenoxy) is 1. The molecule has 1 N–H and O–H groups in total. The first kappa shape index (κ1) is 21.6. The molecule has 1 aliphatic carbocycles. The van der Waals surface area contributed by atoms with Gasteiger partial charge in [-0.05, 0) is 31.7 Å². The quantitative estimate of drug-likeness (QED) is 0.501. The second-order valence-electron chi connectivity index (χ2n) is 8.73. The van der Waals surface area contributed by atoms with Crippen molar-refractivity contribution in [3.05, 3.63) is 36.4 Å². The number of rotatable bonds is 8. The van der Waals surface area contributed by atoms with E-state index in [1.54, 1.807) is 30.2 Å². The van der Waals surface area contributed by atoms with Gasteiger partial charge < -0.3 is 9.72 Å². The summed E-state index contributed by atoms with van der Waals surface area (Å²) in [7, 11) is -3.34. The van der Waals surface area contributed by atoms with Gasteiger partial charge >= 0.3 is 5.97 Å². The normalized spacial score (nSPS) is 18.1. The highest BCUT2D eigenvalue weighted by molar-refractivity contribution is 7.89. The number of nitriles is 1. The molecule has 2 aliphatic rings. The molecule has 0 spiro atoms. The summed E-state index contributed by atoms with van der Waals surface area (Å²) >= 11 is 0. The van der Waals surface area contributed by atoms with Crippen LogP contribution < -0.4 is 0 Å². The van der Waals surface area contributed by atoms with Crippen molar-refractivity contribution >= 4 is 27.0 Å². The van der Waals surface area contributed by atoms with Gasteiger partial charge in [0.2, 0.25) is 10.0 Å². The number of H-pyrrole nitrogens is 1. The third-order valence-electron chi connectivity index (χ3n) is 6.42. The molecule has 5 rings (SSSR count). The molecule has 0 amide bonds. The first-order valence-electron chi connectivity index (χ1n) is 10.9. The zero-order valence-corrected chi connectivity index (χ0v) is 19.0. The van der Waals surface area contributed by atoms with E-state index >= 15 is 0 Å². The molecule has 0 unspecified atom stereocenters. The Morgan fingerprint density at radius 3 is 2.85 bits per heavy atom. The summed E-state index contributed by atoms with van der Waals surface area (Å²) in [6.07, 6.45) is 8.94. The van der Waals surface area contributed by atoms with Crippen LogP contribution in [0.15, 0.2) is 30.9 Å². The molecule has 11 heteroatoms. The molecule has 172 valence electrons. The maximum atomic E-state index is 12.9. The number of hydrogen-bond acceptors (Lipinski definition) is 7. The van der Waals surface area contributed by atoms with E-state index in [1.807, 2.05) is 6.07 Å². The number of esters is 1. The van der Waals surface area contributed by atoms with E-state index in [4.69, 9.17) is 4.74 Å². The Morgan fingerprint density at radius 2 is 2.15 bits per heavy atom. The highest BCUT2D eigenvalue weighted by Gasteiger charge is 2.49. The van der Waals surface area contributed by atoms with Crippen LogP contribution in [0, 0.1) is 17.2 Å². The van der Waals surface area contributed by atoms with Gasteiger partial charge in [0.1, 0.15) is 11.2 Å². The van der Waals surface area contributed by atoms with Crippen molar-refractivity contribution in [3.63, 3.8) is 0 Å². The summed E-state index contributed by atoms with van der Waals surface area (Å²) in [4.78, 5) is 20.3. The molecular weight excluding hydrogens is 444 g/mol. The fraction of sp³-hybridized carbons (Fsp3) is 0.455. The zero-order valence-electron chi connectivity index (χ0n) is 18.2. The van der Waals surface area contributed by atoms with E-state index in [9.17, 15) is 18.5 Å². The van der Waals surface area contributed by atoms with Gasteiger partial charge in [-0.1, -0.05) is 0 Å². The molecule has 33 heavy (non-hydrogen) atoms. The fourth-order valence-electron chi connectivity index (χ4n) is 4.22. The van der Waals surface area contributed by atoms with Gasteiger partial charge in [-0.25, -0.2) is 18.2 Å². The van der Waals surface area contributed by atoms with Gasteiger partial charge in [0, 0.05) is 48.2 Å². The fourth-order valence-corrected chi connectivity index (χ4v) is 5.45. The standard InChI is InChI=1S/C22H24N6O4S/c1-2-33(30,31)27-13-22(14-27,6-7-23)28-11-16(9-26-28)19-17-5-8-24-20(17)25-10-18(19)21(29)32-12-15-3-4-15/h5,8-11,15H,2-4,6,12-14H2,1H3,(H,24,25). The molecular formula is C22H24N6O4S. The highest BCUT2D eigenvalue weighted by atomic mass is 32.2. The minimum Gasteiger partial charge on any atom is -0.462 e. The molecule has 0 radical (unpaired) electrons. The number of sulfonamides is 1. The molecule has 3 aromatic heterocycles. The zero-order chi connectivity index (χ0) is 23.2. The van der Waals surface area contributed by atoms with Crippen LogP contribution in [-0.2, 0) is 20.3 Å². The van der Waals surface area contributed by atoms with Crippen LogP contribution in [0.2, 0.25) is 0 Å². The van der Waals surface area contributed by atoms with Crippen LogP contribution in [0.3, 0.4) is 0 Å². The number of aromatic amines is 1. The van der Waals surface area contributed by atoms with Crippen molar-refractivity contribution in [2.24, 2.45) is 5.92 Å². The lowest BCUT2D eigenvalue weighted by Crippen LogP contribution is -2.64. The Bertz CT molecular complexity index is 1360. The number of fused-ring (bicyclic) bond motifs is 1. The molecule has 0 bridgehead atoms. The van der Waals surface area contributed by atoms with E-state index in [-0.39, 0.29) is 25.3 Å². The topological polar surface area (TPSA) is 134 Å². The van der Waals surface area contributed by atoms with Crippen LogP contribution in [-0.4, -0.2) is 63.9 Å². The predicted molar refractivity (Wildman–Crippen MR) is 120 cm³/mol. The van der Waals surface area contributed by atoms with Crippen molar-refractivity contribution < 1.29 is 17.9 Å². The second kappa shape index (κ2) is 7.97. The molecule has 0 aromatic carbocycles. The van der Waals surface area contributed by atoms with Gasteiger partial charge in [0.15, 0.2) is 0 Å². The number of carbonyl (C=O) groups excluding carboxylic acids is 1. The van der Waals surface area contributed by atoms with Crippen LogP contribution in [0.5, 0.6) is 0 Å². The third kappa shape index (κ3) is 3.79. The Hall–Kier alpha value is -3.23. The number of pyridine rings is 1. The summed E-state index contributed by atoms with van der Waals surface area (Å²) in [6, 6.07) is 4.01. The maximum absolute atomic E-state index is 12.9. The molecule has 0 atom stereocenters. The average molecular weight is 469 g/mol. The summed E-state index contributed by atoms with van der Waals surface area (Å²) < 4.78 is 33.0. The van der Waals surface area contributed by atoms with Crippen molar-refractivity contribution in [1.29, 1.82) is 5.26 Å². The van der Waals surface area contributed by atoms with Gasteiger partial charge in [-0.3, -0.25) is 4.68 Å². The second-order valence-corrected chi connectivity index (χ2v) is 11.0. The largest absolute Gasteiger partial charge is 0.462 e. The Kier molecular flexibility index (Phi) is 5.22. The summed E-state index contributed by atoms with van der Waals surface area (Å²) in [5.41, 5.74) is 1.56. The first-order chi connectivity index (χ1) is 15.9. The lowest BCUT2D eigenvalue weighted by atomic mass is 9.89. The van der Waals surface area contributed by atoms with Gasteiger partial charge in [0.25, 0.3) is 0 Å². The van der Waals surface area contributed by atoms with E-state index in [2.05, 4.69) is 21.1 Å². The number of aromatic nitrogens is 4. The molecule has 10 nitrogen and oxygen atoms in total. The van der Waals surface area contributed by atoms with E-state index in [0.717, 1.165) is 18.2 Å². The van der Waals surface area contributed by atoms with E-state index in [0.29, 0.717) is 34.9 Å². The number of hydrogen-bond donors (Lipinski definition) is 1. The third-order valence-corrected chi connectivity index (χ3v) is 8.19. The smallest absolute Gasteiger partial charge is 0.340 e. The molecule has 4 heterocycles. The Balaban J connectivity index is 1.51. The van der Waals surface area contributed by atoms with E-state index in [1.165, 1.54) is 10.5 Å². The monoisotopic (exact) mass is 468 g/mol. The van der Waals surface area contributed by atoms with Gasteiger partial charge in [-0.15, -0.1) is 0 Å². The van der Waals surface area contributed by atoms with Crippen molar-refractivity contribution in [2.75, 3.05) is 25.4 Å². The van der Waals surface area contributed by atoms with Crippen molar-refractivity contribution in [3.8, 4) is 17.2 Å². The lowest BCUT2D eigenvalue weighted by Gasteiger charge is -2.47. The number of carbonyl (C=O) groups is 1. The summed E-state index contributed by atoms with van der Waals surface area (Å²) in [5, 5.41) is 14.6. The Labute approximate surface area is 191 Å². The molecule has 2 fully saturated rings. The minimum absolute atomic E-state index is 0.00874. The molecule has 1 aliphatic heterocycles. The number of nitrogens with one attached hydrogen (secondary N) is 1. The highest BCUT2D eigenvalue weighted by Crippen LogP contribution is 2.37. The lowest BCUT2D eigenvalue weighted by molar-refractivity contribution is 0.0486. The van der Waals surface area contributed by atoms with Crippen LogP contribution in [0.25, 0.3) is 22.2 Å². The van der Waals surface area contributed by atoms with Crippen molar-refractivity contribution in [2.45, 2.75) is 31.7 Å². The van der Waals surface area contributed by atoms with Gasteiger partial charge in [-0.2, -0.15) is 14.7 Å². The van der Waals surface area contributed by atoms with Gasteiger partial charge in [0.05, 0.1) is 36.6 Å². The van der Waals surface area contributed by atoms with Crippen LogP contribution in [0.4, 0.5) is 0 Å². The molecule has 3 aromatic rings. The average Bonchev–Trinajstić information content (AvgIpc) is 3.27. The van der Waals surface area contributed by atoms with Crippen LogP contribution in [0.1, 0.15) is 36.5 Å². The summed E-state index contributed by atoms with van der Waals surface area (Å²) in [6.45, 7) is 2.37. The summed E-state index contributed by atoms with van der Waals surface area (Å²) in [5.74, 6) is 0.0150. The molecule has 1 saturated heterocycles. The predicted octanol–water partition coefficient (Wildman–Crippen LogP) is 2.27. The minimum atomic E-state index is -3.34. The molecule has 1 saturated carbocycles. The Morgan fingerprint density at radius 1 is 1.36 bits per heavy atom. The van der Waals surface area contributed by atoms with Crippen molar-refractivity contribution in [1.82, 2.24) is 24.1 Å². The van der Waals surface area contributed by atoms with Crippen LogP contribution >= 0.6 is 0 Å². The van der Waals surface area contributed by atoms with E-state index < -0.39 is 21.5 Å². The SMILES string of the molecule is CCS(=O)(=O)N1CC(CC#N)(n2cc(-c3c(C(=O)OCC4CC4)cnc4[nH]ccc34)cn2)C1. The maximum Gasteiger partial charge on any atom is 0.340 e. The number of nitrogens with zero attached hydrogens (tertiary/aromatic N) is 5.